The Balaban J connectivity index is 1.95. The van der Waals surface area contributed by atoms with E-state index in [1.165, 1.54) is 0 Å². The van der Waals surface area contributed by atoms with Crippen molar-refractivity contribution < 1.29 is 17.9 Å². The number of ether oxygens (including phenoxy) is 1. The Morgan fingerprint density at radius 2 is 2.00 bits per heavy atom. The van der Waals surface area contributed by atoms with Gasteiger partial charge in [0.15, 0.2) is 0 Å². The molecule has 1 aliphatic rings. The van der Waals surface area contributed by atoms with Crippen LogP contribution < -0.4 is 4.72 Å². The lowest BCUT2D eigenvalue weighted by molar-refractivity contribution is -0.120. The molecule has 1 heterocycles. The minimum atomic E-state index is -3.67. The number of aryl methyl sites for hydroxylation is 1. The van der Waals surface area contributed by atoms with Crippen LogP contribution in [0.5, 0.6) is 0 Å². The van der Waals surface area contributed by atoms with Gasteiger partial charge in [0.05, 0.1) is 17.8 Å². The summed E-state index contributed by atoms with van der Waals surface area (Å²) in [6.07, 6.45) is 2.35. The molecule has 22 heavy (non-hydrogen) atoms. The quantitative estimate of drug-likeness (QED) is 0.900. The molecule has 0 radical (unpaired) electrons. The maximum Gasteiger partial charge on any atom is 0.240 e. The van der Waals surface area contributed by atoms with E-state index in [2.05, 4.69) is 4.72 Å². The van der Waals surface area contributed by atoms with E-state index >= 15 is 0 Å². The van der Waals surface area contributed by atoms with E-state index in [0.29, 0.717) is 6.61 Å². The van der Waals surface area contributed by atoms with Crippen LogP contribution in [-0.2, 0) is 19.6 Å². The molecular formula is C16H23NO4S. The molecule has 0 aromatic heterocycles. The fourth-order valence-corrected chi connectivity index (χ4v) is 3.79. The molecule has 2 atom stereocenters. The SMILES string of the molecule is Cc1ccc([C@H](C)C(=O)NS(=O)(=O)C[C@H]2CCCCO2)cc1. The van der Waals surface area contributed by atoms with Crippen molar-refractivity contribution in [3.63, 3.8) is 0 Å². The highest BCUT2D eigenvalue weighted by Crippen LogP contribution is 2.17. The van der Waals surface area contributed by atoms with Gasteiger partial charge in [-0.25, -0.2) is 8.42 Å². The summed E-state index contributed by atoms with van der Waals surface area (Å²) >= 11 is 0. The van der Waals surface area contributed by atoms with Crippen molar-refractivity contribution >= 4 is 15.9 Å². The predicted octanol–water partition coefficient (Wildman–Crippen LogP) is 2.11. The van der Waals surface area contributed by atoms with E-state index in [1.54, 1.807) is 6.92 Å². The van der Waals surface area contributed by atoms with E-state index in [9.17, 15) is 13.2 Å². The average molecular weight is 325 g/mol. The number of amides is 1. The number of carbonyl (C=O) groups excluding carboxylic acids is 1. The number of hydrogen-bond donors (Lipinski definition) is 1. The summed E-state index contributed by atoms with van der Waals surface area (Å²) in [6.45, 7) is 4.25. The summed E-state index contributed by atoms with van der Waals surface area (Å²) in [4.78, 5) is 12.2. The molecule has 1 saturated heterocycles. The third kappa shape index (κ3) is 4.81. The second-order valence-electron chi connectivity index (χ2n) is 5.87. The van der Waals surface area contributed by atoms with Crippen molar-refractivity contribution in [2.75, 3.05) is 12.4 Å². The van der Waals surface area contributed by atoms with Crippen LogP contribution in [0.25, 0.3) is 0 Å². The Labute approximate surface area is 132 Å². The van der Waals surface area contributed by atoms with Gasteiger partial charge in [0.2, 0.25) is 15.9 Å². The molecule has 5 nitrogen and oxygen atoms in total. The summed E-state index contributed by atoms with van der Waals surface area (Å²) < 4.78 is 31.8. The minimum Gasteiger partial charge on any atom is -0.377 e. The molecule has 1 amide bonds. The van der Waals surface area contributed by atoms with Crippen LogP contribution in [0.3, 0.4) is 0 Å². The number of carbonyl (C=O) groups is 1. The first-order valence-electron chi connectivity index (χ1n) is 7.60. The van der Waals surface area contributed by atoms with Crippen LogP contribution in [0.15, 0.2) is 24.3 Å². The number of rotatable bonds is 5. The summed E-state index contributed by atoms with van der Waals surface area (Å²) in [5.41, 5.74) is 1.89. The molecule has 1 aromatic carbocycles. The molecule has 0 bridgehead atoms. The van der Waals surface area contributed by atoms with Gasteiger partial charge in [-0.2, -0.15) is 0 Å². The van der Waals surface area contributed by atoms with Crippen LogP contribution in [0.2, 0.25) is 0 Å². The Morgan fingerprint density at radius 3 is 2.59 bits per heavy atom. The fourth-order valence-electron chi connectivity index (χ4n) is 2.47. The van der Waals surface area contributed by atoms with Crippen molar-refractivity contribution in [2.24, 2.45) is 0 Å². The van der Waals surface area contributed by atoms with Gasteiger partial charge in [-0.05, 0) is 38.7 Å². The van der Waals surface area contributed by atoms with Gasteiger partial charge in [0.25, 0.3) is 0 Å². The van der Waals surface area contributed by atoms with Crippen molar-refractivity contribution in [1.29, 1.82) is 0 Å². The van der Waals surface area contributed by atoms with Gasteiger partial charge >= 0.3 is 0 Å². The van der Waals surface area contributed by atoms with Crippen LogP contribution in [0, 0.1) is 6.92 Å². The average Bonchev–Trinajstić information content (AvgIpc) is 2.47. The second kappa shape index (κ2) is 7.24. The molecule has 0 saturated carbocycles. The largest absolute Gasteiger partial charge is 0.377 e. The Kier molecular flexibility index (Phi) is 5.58. The first-order valence-corrected chi connectivity index (χ1v) is 9.25. The number of benzene rings is 1. The maximum absolute atomic E-state index is 12.2. The zero-order valence-electron chi connectivity index (χ0n) is 13.0. The van der Waals surface area contributed by atoms with Crippen LogP contribution in [0.1, 0.15) is 43.2 Å². The van der Waals surface area contributed by atoms with Gasteiger partial charge in [0.1, 0.15) is 0 Å². The lowest BCUT2D eigenvalue weighted by Gasteiger charge is -2.22. The van der Waals surface area contributed by atoms with E-state index in [0.717, 1.165) is 30.4 Å². The summed E-state index contributed by atoms with van der Waals surface area (Å²) in [6, 6.07) is 7.50. The van der Waals surface area contributed by atoms with Crippen molar-refractivity contribution in [3.8, 4) is 0 Å². The smallest absolute Gasteiger partial charge is 0.240 e. The summed E-state index contributed by atoms with van der Waals surface area (Å²) in [5.74, 6) is -1.17. The van der Waals surface area contributed by atoms with Crippen LogP contribution in [0.4, 0.5) is 0 Å². The van der Waals surface area contributed by atoms with Crippen LogP contribution >= 0.6 is 0 Å². The van der Waals surface area contributed by atoms with Crippen LogP contribution in [-0.4, -0.2) is 32.8 Å². The van der Waals surface area contributed by atoms with Gasteiger partial charge in [-0.15, -0.1) is 0 Å². The highest BCUT2D eigenvalue weighted by Gasteiger charge is 2.26. The minimum absolute atomic E-state index is 0.153. The van der Waals surface area contributed by atoms with E-state index < -0.39 is 21.8 Å². The Hall–Kier alpha value is -1.40. The van der Waals surface area contributed by atoms with Gasteiger partial charge in [-0.1, -0.05) is 29.8 Å². The molecule has 0 unspecified atom stereocenters. The molecule has 2 rings (SSSR count). The molecular weight excluding hydrogens is 302 g/mol. The standard InChI is InChI=1S/C16H23NO4S/c1-12-6-8-14(9-7-12)13(2)16(18)17-22(19,20)11-15-5-3-4-10-21-15/h6-9,13,15H,3-5,10-11H2,1-2H3,(H,17,18)/t13-,15+/m0/s1. The maximum atomic E-state index is 12.2. The predicted molar refractivity (Wildman–Crippen MR) is 85.1 cm³/mol. The molecule has 1 aromatic rings. The number of nitrogens with one attached hydrogen (secondary N) is 1. The van der Waals surface area contributed by atoms with E-state index in [-0.39, 0.29) is 11.9 Å². The first-order chi connectivity index (χ1) is 10.4. The number of sulfonamides is 1. The summed E-state index contributed by atoms with van der Waals surface area (Å²) in [5, 5.41) is 0. The molecule has 122 valence electrons. The van der Waals surface area contributed by atoms with Gasteiger partial charge < -0.3 is 4.74 Å². The van der Waals surface area contributed by atoms with E-state index in [1.807, 2.05) is 31.2 Å². The lowest BCUT2D eigenvalue weighted by Crippen LogP contribution is -2.39. The first kappa shape index (κ1) is 17.0. The third-order valence-corrected chi connectivity index (χ3v) is 5.23. The lowest BCUT2D eigenvalue weighted by atomic mass is 10.00. The normalized spacial score (nSPS) is 20.4. The number of hydrogen-bond acceptors (Lipinski definition) is 4. The van der Waals surface area contributed by atoms with Gasteiger partial charge in [-0.3, -0.25) is 9.52 Å². The molecule has 0 spiro atoms. The zero-order valence-corrected chi connectivity index (χ0v) is 13.9. The highest BCUT2D eigenvalue weighted by atomic mass is 32.2. The Morgan fingerprint density at radius 1 is 1.32 bits per heavy atom. The monoisotopic (exact) mass is 325 g/mol. The zero-order chi connectivity index (χ0) is 16.2. The Bertz CT molecular complexity index is 604. The van der Waals surface area contributed by atoms with E-state index in [4.69, 9.17) is 4.74 Å². The topological polar surface area (TPSA) is 72.5 Å². The fraction of sp³-hybridized carbons (Fsp3) is 0.562. The van der Waals surface area contributed by atoms with Crippen molar-refractivity contribution in [1.82, 2.24) is 4.72 Å². The third-order valence-electron chi connectivity index (χ3n) is 3.91. The van der Waals surface area contributed by atoms with Gasteiger partial charge in [0, 0.05) is 6.61 Å². The van der Waals surface area contributed by atoms with Crippen molar-refractivity contribution in [3.05, 3.63) is 35.4 Å². The molecule has 1 fully saturated rings. The summed E-state index contributed by atoms with van der Waals surface area (Å²) in [7, 11) is -3.67. The molecule has 0 aliphatic carbocycles. The molecule has 1 N–H and O–H groups in total. The molecule has 1 aliphatic heterocycles. The highest BCUT2D eigenvalue weighted by molar-refractivity contribution is 7.90. The molecule has 6 heteroatoms. The van der Waals surface area contributed by atoms with Crippen molar-refractivity contribution in [2.45, 2.75) is 45.1 Å². The second-order valence-corrected chi connectivity index (χ2v) is 7.64.